The molecule has 0 aromatic rings. The summed E-state index contributed by atoms with van der Waals surface area (Å²) in [7, 11) is 1.77. The standard InChI is InChI=1S/C12H23IO2/c1-9(2)12(14-3)8-15-11-7-5-4-6-10(11)13/h9-12H,4-8H2,1-3H3. The van der Waals surface area contributed by atoms with Crippen molar-refractivity contribution >= 4 is 22.6 Å². The van der Waals surface area contributed by atoms with Crippen molar-refractivity contribution in [3.8, 4) is 0 Å². The van der Waals surface area contributed by atoms with Crippen LogP contribution >= 0.6 is 22.6 Å². The Balaban J connectivity index is 2.27. The van der Waals surface area contributed by atoms with E-state index in [2.05, 4.69) is 36.4 Å². The van der Waals surface area contributed by atoms with Crippen LogP contribution in [0.25, 0.3) is 0 Å². The molecule has 15 heavy (non-hydrogen) atoms. The molecular formula is C12H23IO2. The van der Waals surface area contributed by atoms with E-state index in [4.69, 9.17) is 9.47 Å². The molecule has 1 fully saturated rings. The van der Waals surface area contributed by atoms with Crippen molar-refractivity contribution in [3.63, 3.8) is 0 Å². The first-order valence-corrected chi connectivity index (χ1v) is 7.18. The van der Waals surface area contributed by atoms with Crippen LogP contribution in [0.15, 0.2) is 0 Å². The minimum Gasteiger partial charge on any atom is -0.379 e. The summed E-state index contributed by atoms with van der Waals surface area (Å²) in [4.78, 5) is 0. The summed E-state index contributed by atoms with van der Waals surface area (Å²) in [6, 6.07) is 0. The summed E-state index contributed by atoms with van der Waals surface area (Å²) >= 11 is 2.53. The van der Waals surface area contributed by atoms with Gasteiger partial charge in [-0.25, -0.2) is 0 Å². The smallest absolute Gasteiger partial charge is 0.0827 e. The van der Waals surface area contributed by atoms with Crippen LogP contribution in [-0.2, 0) is 9.47 Å². The van der Waals surface area contributed by atoms with Gasteiger partial charge in [-0.3, -0.25) is 0 Å². The van der Waals surface area contributed by atoms with Crippen LogP contribution in [0.2, 0.25) is 0 Å². The van der Waals surface area contributed by atoms with E-state index in [-0.39, 0.29) is 6.10 Å². The molecule has 0 spiro atoms. The number of ether oxygens (including phenoxy) is 2. The molecule has 3 heteroatoms. The Morgan fingerprint density at radius 2 is 1.93 bits per heavy atom. The van der Waals surface area contributed by atoms with E-state index in [0.717, 1.165) is 6.61 Å². The summed E-state index contributed by atoms with van der Waals surface area (Å²) < 4.78 is 12.1. The first-order valence-electron chi connectivity index (χ1n) is 5.93. The molecule has 0 aromatic carbocycles. The fourth-order valence-electron chi connectivity index (χ4n) is 1.99. The highest BCUT2D eigenvalue weighted by atomic mass is 127. The number of hydrogen-bond acceptors (Lipinski definition) is 2. The molecule has 0 N–H and O–H groups in total. The number of rotatable bonds is 5. The third kappa shape index (κ3) is 4.57. The zero-order chi connectivity index (χ0) is 11.3. The number of alkyl halides is 1. The van der Waals surface area contributed by atoms with Gasteiger partial charge in [0.05, 0.1) is 18.8 Å². The zero-order valence-electron chi connectivity index (χ0n) is 10.0. The summed E-state index contributed by atoms with van der Waals surface area (Å²) in [5.74, 6) is 0.534. The van der Waals surface area contributed by atoms with Crippen LogP contribution in [0.1, 0.15) is 39.5 Å². The second kappa shape index (κ2) is 7.07. The van der Waals surface area contributed by atoms with Crippen molar-refractivity contribution in [3.05, 3.63) is 0 Å². The maximum absolute atomic E-state index is 5.98. The fraction of sp³-hybridized carbons (Fsp3) is 1.00. The van der Waals surface area contributed by atoms with Crippen molar-refractivity contribution < 1.29 is 9.47 Å². The van der Waals surface area contributed by atoms with Crippen LogP contribution in [0.3, 0.4) is 0 Å². The highest BCUT2D eigenvalue weighted by Gasteiger charge is 2.24. The summed E-state index contributed by atoms with van der Waals surface area (Å²) in [5.41, 5.74) is 0. The Kier molecular flexibility index (Phi) is 6.46. The maximum atomic E-state index is 5.98. The Hall–Kier alpha value is 0.650. The van der Waals surface area contributed by atoms with E-state index >= 15 is 0 Å². The van der Waals surface area contributed by atoms with Gasteiger partial charge in [-0.1, -0.05) is 49.3 Å². The molecule has 1 rings (SSSR count). The molecule has 0 heterocycles. The molecule has 0 aromatic heterocycles. The molecule has 3 unspecified atom stereocenters. The fourth-order valence-corrected chi connectivity index (χ4v) is 3.00. The van der Waals surface area contributed by atoms with E-state index in [1.807, 2.05) is 0 Å². The van der Waals surface area contributed by atoms with Gasteiger partial charge in [0.1, 0.15) is 0 Å². The van der Waals surface area contributed by atoms with Crippen molar-refractivity contribution in [1.82, 2.24) is 0 Å². The number of hydrogen-bond donors (Lipinski definition) is 0. The van der Waals surface area contributed by atoms with Crippen molar-refractivity contribution in [1.29, 1.82) is 0 Å². The van der Waals surface area contributed by atoms with Gasteiger partial charge in [-0.2, -0.15) is 0 Å². The monoisotopic (exact) mass is 326 g/mol. The molecule has 0 amide bonds. The lowest BCUT2D eigenvalue weighted by Crippen LogP contribution is -2.33. The topological polar surface area (TPSA) is 18.5 Å². The van der Waals surface area contributed by atoms with E-state index < -0.39 is 0 Å². The Morgan fingerprint density at radius 3 is 2.47 bits per heavy atom. The highest BCUT2D eigenvalue weighted by Crippen LogP contribution is 2.27. The van der Waals surface area contributed by atoms with Crippen molar-refractivity contribution in [2.45, 2.75) is 55.7 Å². The maximum Gasteiger partial charge on any atom is 0.0827 e. The molecule has 1 aliphatic carbocycles. The molecule has 1 aliphatic rings. The Morgan fingerprint density at radius 1 is 1.27 bits per heavy atom. The second-order valence-corrected chi connectivity index (χ2v) is 6.29. The van der Waals surface area contributed by atoms with Gasteiger partial charge in [0, 0.05) is 11.0 Å². The largest absolute Gasteiger partial charge is 0.379 e. The molecule has 0 saturated heterocycles. The molecule has 1 saturated carbocycles. The molecule has 3 atom stereocenters. The van der Waals surface area contributed by atoms with Crippen LogP contribution in [0.5, 0.6) is 0 Å². The second-order valence-electron chi connectivity index (χ2n) is 4.69. The van der Waals surface area contributed by atoms with E-state index in [0.29, 0.717) is 15.9 Å². The first-order chi connectivity index (χ1) is 7.15. The zero-order valence-corrected chi connectivity index (χ0v) is 12.2. The summed E-state index contributed by atoms with van der Waals surface area (Å²) in [5, 5.41) is 0. The van der Waals surface area contributed by atoms with E-state index in [1.54, 1.807) is 7.11 Å². The third-order valence-electron chi connectivity index (χ3n) is 3.14. The van der Waals surface area contributed by atoms with E-state index in [1.165, 1.54) is 25.7 Å². The molecule has 0 bridgehead atoms. The number of methoxy groups -OCH3 is 1. The lowest BCUT2D eigenvalue weighted by Gasteiger charge is -2.29. The molecule has 2 nitrogen and oxygen atoms in total. The predicted molar refractivity (Wildman–Crippen MR) is 71.7 cm³/mol. The quantitative estimate of drug-likeness (QED) is 0.569. The van der Waals surface area contributed by atoms with Crippen LogP contribution in [0.4, 0.5) is 0 Å². The van der Waals surface area contributed by atoms with Crippen LogP contribution < -0.4 is 0 Å². The van der Waals surface area contributed by atoms with Gasteiger partial charge >= 0.3 is 0 Å². The van der Waals surface area contributed by atoms with Gasteiger partial charge in [-0.05, 0) is 18.8 Å². The van der Waals surface area contributed by atoms with Gasteiger partial charge in [-0.15, -0.1) is 0 Å². The van der Waals surface area contributed by atoms with Crippen molar-refractivity contribution in [2.24, 2.45) is 5.92 Å². The predicted octanol–water partition coefficient (Wildman–Crippen LogP) is 3.42. The SMILES string of the molecule is COC(COC1CCCCC1I)C(C)C. The molecular weight excluding hydrogens is 303 g/mol. The Bertz CT molecular complexity index is 173. The van der Waals surface area contributed by atoms with Crippen LogP contribution in [0, 0.1) is 5.92 Å². The average Bonchev–Trinajstić information content (AvgIpc) is 2.21. The first kappa shape index (κ1) is 13.7. The normalized spacial score (nSPS) is 29.4. The van der Waals surface area contributed by atoms with Gasteiger partial charge in [0.15, 0.2) is 0 Å². The summed E-state index contributed by atoms with van der Waals surface area (Å²) in [6.07, 6.45) is 5.92. The van der Waals surface area contributed by atoms with Gasteiger partial charge < -0.3 is 9.47 Å². The summed E-state index contributed by atoms with van der Waals surface area (Å²) in [6.45, 7) is 5.11. The lowest BCUT2D eigenvalue weighted by atomic mass is 9.97. The minimum absolute atomic E-state index is 0.246. The van der Waals surface area contributed by atoms with Crippen LogP contribution in [-0.4, -0.2) is 29.8 Å². The molecule has 0 radical (unpaired) electrons. The van der Waals surface area contributed by atoms with Gasteiger partial charge in [0.2, 0.25) is 0 Å². The lowest BCUT2D eigenvalue weighted by molar-refractivity contribution is -0.0505. The highest BCUT2D eigenvalue weighted by molar-refractivity contribution is 14.1. The average molecular weight is 326 g/mol. The Labute approximate surface area is 107 Å². The molecule has 90 valence electrons. The molecule has 0 aliphatic heterocycles. The third-order valence-corrected chi connectivity index (χ3v) is 4.57. The number of halogens is 1. The van der Waals surface area contributed by atoms with Crippen molar-refractivity contribution in [2.75, 3.05) is 13.7 Å². The van der Waals surface area contributed by atoms with Gasteiger partial charge in [0.25, 0.3) is 0 Å². The minimum atomic E-state index is 0.246. The van der Waals surface area contributed by atoms with E-state index in [9.17, 15) is 0 Å².